The van der Waals surface area contributed by atoms with Gasteiger partial charge in [-0.15, -0.1) is 0 Å². The zero-order valence-corrected chi connectivity index (χ0v) is 6.52. The van der Waals surface area contributed by atoms with E-state index in [9.17, 15) is 0 Å². The maximum absolute atomic E-state index is 3.66. The average Bonchev–Trinajstić information content (AvgIpc) is 1.90. The van der Waals surface area contributed by atoms with Gasteiger partial charge in [-0.2, -0.15) is 0 Å². The lowest BCUT2D eigenvalue weighted by Crippen LogP contribution is -2.07. The SMILES string of the molecule is C=CN(C)/C(=C\C)CC. The van der Waals surface area contributed by atoms with Gasteiger partial charge < -0.3 is 4.90 Å². The highest BCUT2D eigenvalue weighted by molar-refractivity contribution is 5.00. The summed E-state index contributed by atoms with van der Waals surface area (Å²) in [6.45, 7) is 7.84. The highest BCUT2D eigenvalue weighted by Gasteiger charge is 1.92. The molecule has 0 aliphatic rings. The lowest BCUT2D eigenvalue weighted by molar-refractivity contribution is 0.547. The minimum atomic E-state index is 1.07. The summed E-state index contributed by atoms with van der Waals surface area (Å²) in [5.41, 5.74) is 1.31. The Kier molecular flexibility index (Phi) is 3.85. The Morgan fingerprint density at radius 1 is 1.67 bits per heavy atom. The molecule has 0 fully saturated rings. The first-order valence-corrected chi connectivity index (χ1v) is 3.26. The fourth-order valence-corrected chi connectivity index (χ4v) is 0.774. The predicted molar refractivity (Wildman–Crippen MR) is 42.0 cm³/mol. The molecule has 0 heterocycles. The molecule has 9 heavy (non-hydrogen) atoms. The first-order valence-electron chi connectivity index (χ1n) is 3.26. The van der Waals surface area contributed by atoms with E-state index >= 15 is 0 Å². The summed E-state index contributed by atoms with van der Waals surface area (Å²) in [5.74, 6) is 0. The van der Waals surface area contributed by atoms with E-state index in [1.54, 1.807) is 0 Å². The van der Waals surface area contributed by atoms with Crippen LogP contribution in [0.15, 0.2) is 24.6 Å². The van der Waals surface area contributed by atoms with Crippen LogP contribution in [-0.2, 0) is 0 Å². The van der Waals surface area contributed by atoms with E-state index in [2.05, 4.69) is 19.6 Å². The molecule has 1 heteroatoms. The third-order valence-electron chi connectivity index (χ3n) is 1.42. The van der Waals surface area contributed by atoms with Gasteiger partial charge in [-0.05, 0) is 19.5 Å². The van der Waals surface area contributed by atoms with Crippen LogP contribution >= 0.6 is 0 Å². The molecular formula is C8H15N. The van der Waals surface area contributed by atoms with Crippen LogP contribution in [0.2, 0.25) is 0 Å². The summed E-state index contributed by atoms with van der Waals surface area (Å²) in [6.07, 6.45) is 4.99. The molecule has 0 aliphatic carbocycles. The molecule has 0 amide bonds. The molecule has 52 valence electrons. The van der Waals surface area contributed by atoms with E-state index < -0.39 is 0 Å². The number of nitrogens with zero attached hydrogens (tertiary/aromatic N) is 1. The van der Waals surface area contributed by atoms with E-state index in [-0.39, 0.29) is 0 Å². The Bertz CT molecular complexity index is 114. The first-order chi connectivity index (χ1) is 4.26. The molecule has 0 N–H and O–H groups in total. The van der Waals surface area contributed by atoms with Crippen LogP contribution in [0.3, 0.4) is 0 Å². The molecule has 0 aromatic rings. The van der Waals surface area contributed by atoms with Crippen LogP contribution in [0.1, 0.15) is 20.3 Å². The van der Waals surface area contributed by atoms with Crippen molar-refractivity contribution >= 4 is 0 Å². The maximum Gasteiger partial charge on any atom is 0.0125 e. The van der Waals surface area contributed by atoms with E-state index in [1.165, 1.54) is 5.70 Å². The van der Waals surface area contributed by atoms with E-state index in [0.29, 0.717) is 0 Å². The molecule has 0 saturated carbocycles. The number of hydrogen-bond acceptors (Lipinski definition) is 1. The summed E-state index contributed by atoms with van der Waals surface area (Å²) in [5, 5.41) is 0. The van der Waals surface area contributed by atoms with Crippen LogP contribution in [0.25, 0.3) is 0 Å². The van der Waals surface area contributed by atoms with Gasteiger partial charge in [0.05, 0.1) is 0 Å². The van der Waals surface area contributed by atoms with Crippen molar-refractivity contribution in [3.8, 4) is 0 Å². The van der Waals surface area contributed by atoms with Gasteiger partial charge in [-0.1, -0.05) is 19.6 Å². The number of hydrogen-bond donors (Lipinski definition) is 0. The maximum atomic E-state index is 3.66. The first kappa shape index (κ1) is 8.28. The molecule has 0 rings (SSSR count). The van der Waals surface area contributed by atoms with Crippen molar-refractivity contribution in [2.75, 3.05) is 7.05 Å². The van der Waals surface area contributed by atoms with Crippen molar-refractivity contribution < 1.29 is 0 Å². The van der Waals surface area contributed by atoms with Crippen molar-refractivity contribution in [1.82, 2.24) is 4.90 Å². The van der Waals surface area contributed by atoms with Gasteiger partial charge in [0, 0.05) is 12.7 Å². The molecule has 1 nitrogen and oxygen atoms in total. The number of allylic oxidation sites excluding steroid dienone is 2. The second-order valence-corrected chi connectivity index (χ2v) is 1.93. The molecular weight excluding hydrogens is 110 g/mol. The van der Waals surface area contributed by atoms with Crippen molar-refractivity contribution in [2.45, 2.75) is 20.3 Å². The lowest BCUT2D eigenvalue weighted by Gasteiger charge is -2.15. The molecule has 0 aromatic heterocycles. The monoisotopic (exact) mass is 125 g/mol. The molecule has 0 aliphatic heterocycles. The standard InChI is InChI=1S/C8H15N/c1-5-8(6-2)9(4)7-3/h5,7H,3,6H2,1-2,4H3/b8-5-. The minimum absolute atomic E-state index is 1.07. The van der Waals surface area contributed by atoms with Crippen LogP contribution in [0, 0.1) is 0 Å². The zero-order chi connectivity index (χ0) is 7.28. The largest absolute Gasteiger partial charge is 0.355 e. The van der Waals surface area contributed by atoms with E-state index in [0.717, 1.165) is 6.42 Å². The summed E-state index contributed by atoms with van der Waals surface area (Å²) in [7, 11) is 2.01. The van der Waals surface area contributed by atoms with Gasteiger partial charge in [-0.25, -0.2) is 0 Å². The minimum Gasteiger partial charge on any atom is -0.355 e. The van der Waals surface area contributed by atoms with Crippen LogP contribution in [0.5, 0.6) is 0 Å². The summed E-state index contributed by atoms with van der Waals surface area (Å²) in [6, 6.07) is 0. The van der Waals surface area contributed by atoms with Gasteiger partial charge in [0.15, 0.2) is 0 Å². The normalized spacial score (nSPS) is 11.2. The predicted octanol–water partition coefficient (Wildman–Crippen LogP) is 2.38. The summed E-state index contributed by atoms with van der Waals surface area (Å²) >= 11 is 0. The Balaban J connectivity index is 3.95. The third kappa shape index (κ3) is 2.36. The quantitative estimate of drug-likeness (QED) is 0.559. The smallest absolute Gasteiger partial charge is 0.0125 e. The Hall–Kier alpha value is -0.720. The highest BCUT2D eigenvalue weighted by atomic mass is 15.1. The molecule has 0 atom stereocenters. The van der Waals surface area contributed by atoms with Crippen molar-refractivity contribution in [3.05, 3.63) is 24.6 Å². The van der Waals surface area contributed by atoms with E-state index in [4.69, 9.17) is 0 Å². The van der Waals surface area contributed by atoms with Gasteiger partial charge in [0.1, 0.15) is 0 Å². The molecule has 0 unspecified atom stereocenters. The average molecular weight is 125 g/mol. The molecule has 0 spiro atoms. The molecule has 0 radical (unpaired) electrons. The fourth-order valence-electron chi connectivity index (χ4n) is 0.774. The Labute approximate surface area is 57.7 Å². The van der Waals surface area contributed by atoms with Gasteiger partial charge in [-0.3, -0.25) is 0 Å². The molecule has 0 bridgehead atoms. The summed E-state index contributed by atoms with van der Waals surface area (Å²) in [4.78, 5) is 2.03. The van der Waals surface area contributed by atoms with Crippen LogP contribution in [0.4, 0.5) is 0 Å². The van der Waals surface area contributed by atoms with Crippen LogP contribution in [-0.4, -0.2) is 11.9 Å². The second-order valence-electron chi connectivity index (χ2n) is 1.93. The zero-order valence-electron chi connectivity index (χ0n) is 6.52. The van der Waals surface area contributed by atoms with Gasteiger partial charge in [0.25, 0.3) is 0 Å². The Morgan fingerprint density at radius 3 is 2.33 bits per heavy atom. The lowest BCUT2D eigenvalue weighted by atomic mass is 10.3. The Morgan fingerprint density at radius 2 is 2.22 bits per heavy atom. The second kappa shape index (κ2) is 4.19. The van der Waals surface area contributed by atoms with Gasteiger partial charge >= 0.3 is 0 Å². The molecule has 0 aromatic carbocycles. The van der Waals surface area contributed by atoms with Crippen molar-refractivity contribution in [3.63, 3.8) is 0 Å². The summed E-state index contributed by atoms with van der Waals surface area (Å²) < 4.78 is 0. The topological polar surface area (TPSA) is 3.24 Å². The van der Waals surface area contributed by atoms with Gasteiger partial charge in [0.2, 0.25) is 0 Å². The number of rotatable bonds is 3. The van der Waals surface area contributed by atoms with E-state index in [1.807, 2.05) is 25.1 Å². The van der Waals surface area contributed by atoms with Crippen molar-refractivity contribution in [1.29, 1.82) is 0 Å². The fraction of sp³-hybridized carbons (Fsp3) is 0.500. The van der Waals surface area contributed by atoms with Crippen LogP contribution < -0.4 is 0 Å². The highest BCUT2D eigenvalue weighted by Crippen LogP contribution is 2.04. The molecule has 0 saturated heterocycles. The third-order valence-corrected chi connectivity index (χ3v) is 1.42. The van der Waals surface area contributed by atoms with Crippen molar-refractivity contribution in [2.24, 2.45) is 0 Å².